The zero-order valence-corrected chi connectivity index (χ0v) is 15.7. The van der Waals surface area contributed by atoms with Gasteiger partial charge in [0.05, 0.1) is 35.0 Å². The highest BCUT2D eigenvalue weighted by atomic mass is 19.3. The van der Waals surface area contributed by atoms with Gasteiger partial charge >= 0.3 is 0 Å². The maximum absolute atomic E-state index is 13.5. The summed E-state index contributed by atoms with van der Waals surface area (Å²) in [5.74, 6) is -2.51. The molecule has 1 aliphatic heterocycles. The lowest BCUT2D eigenvalue weighted by Crippen LogP contribution is -2.39. The standard InChI is InChI=1S/C20H20F2N6O/c21-20(22)5-9-27(10-6-20)17-4-7-23-11-15(17)26-19(29)14-3-8-24-28-12-16(13-1-2-13)25-18(14)28/h3-4,7-8,11-13H,1-2,5-6,9-10H2,(H,26,29). The van der Waals surface area contributed by atoms with Gasteiger partial charge in [-0.2, -0.15) is 5.10 Å². The third kappa shape index (κ3) is 3.52. The number of imidazole rings is 1. The van der Waals surface area contributed by atoms with E-state index in [-0.39, 0.29) is 31.8 Å². The van der Waals surface area contributed by atoms with E-state index in [0.717, 1.165) is 18.5 Å². The van der Waals surface area contributed by atoms with E-state index in [1.807, 2.05) is 11.1 Å². The van der Waals surface area contributed by atoms with Crippen molar-refractivity contribution < 1.29 is 13.6 Å². The smallest absolute Gasteiger partial charge is 0.259 e. The maximum Gasteiger partial charge on any atom is 0.259 e. The molecular formula is C20H20F2N6O. The third-order valence-corrected chi connectivity index (χ3v) is 5.50. The number of carbonyl (C=O) groups excluding carboxylic acids is 1. The average Bonchev–Trinajstić information content (AvgIpc) is 3.47. The minimum atomic E-state index is -2.63. The number of halogens is 2. The van der Waals surface area contributed by atoms with Crippen molar-refractivity contribution in [2.24, 2.45) is 0 Å². The molecule has 0 spiro atoms. The Labute approximate surface area is 165 Å². The lowest BCUT2D eigenvalue weighted by atomic mass is 10.1. The normalized spacial score (nSPS) is 18.8. The van der Waals surface area contributed by atoms with Gasteiger partial charge in [-0.3, -0.25) is 9.78 Å². The summed E-state index contributed by atoms with van der Waals surface area (Å²) in [7, 11) is 0. The van der Waals surface area contributed by atoms with Gasteiger partial charge in [0.2, 0.25) is 0 Å². The Kier molecular flexibility index (Phi) is 4.18. The molecule has 0 radical (unpaired) electrons. The molecule has 2 aliphatic rings. The Bertz CT molecular complexity index is 1070. The molecule has 0 aromatic carbocycles. The summed E-state index contributed by atoms with van der Waals surface area (Å²) in [6, 6.07) is 3.37. The lowest BCUT2D eigenvalue weighted by Gasteiger charge is -2.34. The molecule has 1 amide bonds. The molecule has 1 aliphatic carbocycles. The molecule has 5 rings (SSSR count). The second-order valence-electron chi connectivity index (χ2n) is 7.64. The van der Waals surface area contributed by atoms with Gasteiger partial charge < -0.3 is 10.2 Å². The number of aromatic nitrogens is 4. The predicted molar refractivity (Wildman–Crippen MR) is 104 cm³/mol. The number of rotatable bonds is 4. The summed E-state index contributed by atoms with van der Waals surface area (Å²) >= 11 is 0. The highest BCUT2D eigenvalue weighted by Crippen LogP contribution is 2.39. The van der Waals surface area contributed by atoms with Crippen LogP contribution in [-0.4, -0.2) is 44.5 Å². The predicted octanol–water partition coefficient (Wildman–Crippen LogP) is 3.49. The number of hydrogen-bond acceptors (Lipinski definition) is 5. The molecule has 4 heterocycles. The molecule has 1 N–H and O–H groups in total. The van der Waals surface area contributed by atoms with Crippen molar-refractivity contribution in [3.05, 3.63) is 48.2 Å². The monoisotopic (exact) mass is 398 g/mol. The van der Waals surface area contributed by atoms with Crippen molar-refractivity contribution in [3.63, 3.8) is 0 Å². The number of alkyl halides is 2. The Morgan fingerprint density at radius 2 is 1.97 bits per heavy atom. The number of anilines is 2. The molecule has 150 valence electrons. The first kappa shape index (κ1) is 18.0. The summed E-state index contributed by atoms with van der Waals surface area (Å²) in [6.07, 6.45) is 8.39. The number of hydrogen-bond donors (Lipinski definition) is 1. The van der Waals surface area contributed by atoms with Gasteiger partial charge in [-0.25, -0.2) is 18.3 Å². The van der Waals surface area contributed by atoms with E-state index in [1.165, 1.54) is 0 Å². The Morgan fingerprint density at radius 1 is 1.17 bits per heavy atom. The number of pyridine rings is 1. The van der Waals surface area contributed by atoms with Gasteiger partial charge in [0, 0.05) is 44.2 Å². The van der Waals surface area contributed by atoms with Crippen LogP contribution in [0.15, 0.2) is 36.9 Å². The topological polar surface area (TPSA) is 75.4 Å². The zero-order valence-electron chi connectivity index (χ0n) is 15.7. The van der Waals surface area contributed by atoms with E-state index in [0.29, 0.717) is 28.5 Å². The number of carbonyl (C=O) groups is 1. The largest absolute Gasteiger partial charge is 0.369 e. The molecule has 3 aromatic heterocycles. The second-order valence-corrected chi connectivity index (χ2v) is 7.64. The highest BCUT2D eigenvalue weighted by molar-refractivity contribution is 6.09. The van der Waals surface area contributed by atoms with E-state index in [2.05, 4.69) is 20.4 Å². The SMILES string of the molecule is O=C(Nc1cnccc1N1CCC(F)(F)CC1)c1ccnn2cc(C3CC3)nc12. The van der Waals surface area contributed by atoms with E-state index >= 15 is 0 Å². The fourth-order valence-corrected chi connectivity index (χ4v) is 3.69. The lowest BCUT2D eigenvalue weighted by molar-refractivity contribution is -0.0220. The zero-order chi connectivity index (χ0) is 20.0. The summed E-state index contributed by atoms with van der Waals surface area (Å²) < 4.78 is 28.7. The molecule has 1 saturated carbocycles. The summed E-state index contributed by atoms with van der Waals surface area (Å²) in [4.78, 5) is 23.5. The number of amides is 1. The second kappa shape index (κ2) is 6.75. The molecule has 29 heavy (non-hydrogen) atoms. The van der Waals surface area contributed by atoms with Crippen molar-refractivity contribution in [1.82, 2.24) is 19.6 Å². The number of fused-ring (bicyclic) bond motifs is 1. The Morgan fingerprint density at radius 3 is 2.72 bits per heavy atom. The van der Waals surface area contributed by atoms with Crippen LogP contribution in [0.1, 0.15) is 47.7 Å². The van der Waals surface area contributed by atoms with Crippen molar-refractivity contribution in [1.29, 1.82) is 0 Å². The van der Waals surface area contributed by atoms with Gasteiger partial charge in [0.1, 0.15) is 0 Å². The minimum Gasteiger partial charge on any atom is -0.369 e. The quantitative estimate of drug-likeness (QED) is 0.728. The van der Waals surface area contributed by atoms with Gasteiger partial charge in [0.25, 0.3) is 11.8 Å². The van der Waals surface area contributed by atoms with E-state index in [9.17, 15) is 13.6 Å². The number of piperidine rings is 1. The van der Waals surface area contributed by atoms with Gasteiger partial charge in [-0.15, -0.1) is 0 Å². The number of nitrogens with one attached hydrogen (secondary N) is 1. The van der Waals surface area contributed by atoms with Crippen LogP contribution in [0.3, 0.4) is 0 Å². The molecule has 0 bridgehead atoms. The van der Waals surface area contributed by atoms with Gasteiger partial charge in [-0.1, -0.05) is 0 Å². The van der Waals surface area contributed by atoms with Crippen LogP contribution in [0.5, 0.6) is 0 Å². The van der Waals surface area contributed by atoms with Crippen molar-refractivity contribution >= 4 is 22.9 Å². The fraction of sp³-hybridized carbons (Fsp3) is 0.400. The van der Waals surface area contributed by atoms with Crippen LogP contribution in [0, 0.1) is 0 Å². The summed E-state index contributed by atoms with van der Waals surface area (Å²) in [6.45, 7) is 0.453. The molecule has 1 saturated heterocycles. The van der Waals surface area contributed by atoms with E-state index < -0.39 is 5.92 Å². The Balaban J connectivity index is 1.41. The molecule has 2 fully saturated rings. The summed E-state index contributed by atoms with van der Waals surface area (Å²) in [5, 5.41) is 7.13. The fourth-order valence-electron chi connectivity index (χ4n) is 3.69. The van der Waals surface area contributed by atoms with Crippen LogP contribution >= 0.6 is 0 Å². The number of nitrogens with zero attached hydrogens (tertiary/aromatic N) is 5. The van der Waals surface area contributed by atoms with Crippen LogP contribution in [0.4, 0.5) is 20.2 Å². The van der Waals surface area contributed by atoms with Crippen molar-refractivity contribution in [2.45, 2.75) is 37.5 Å². The molecule has 0 unspecified atom stereocenters. The minimum absolute atomic E-state index is 0.203. The van der Waals surface area contributed by atoms with Crippen LogP contribution in [-0.2, 0) is 0 Å². The van der Waals surface area contributed by atoms with Gasteiger partial charge in [0.15, 0.2) is 5.65 Å². The van der Waals surface area contributed by atoms with Crippen molar-refractivity contribution in [3.8, 4) is 0 Å². The van der Waals surface area contributed by atoms with Crippen molar-refractivity contribution in [2.75, 3.05) is 23.3 Å². The Hall–Kier alpha value is -3.10. The first-order valence-electron chi connectivity index (χ1n) is 9.73. The van der Waals surface area contributed by atoms with Crippen LogP contribution < -0.4 is 10.2 Å². The molecule has 0 atom stereocenters. The first-order valence-corrected chi connectivity index (χ1v) is 9.73. The highest BCUT2D eigenvalue weighted by Gasteiger charge is 2.34. The third-order valence-electron chi connectivity index (χ3n) is 5.50. The molecule has 3 aromatic rings. The van der Waals surface area contributed by atoms with E-state index in [4.69, 9.17) is 0 Å². The summed E-state index contributed by atoms with van der Waals surface area (Å²) in [5.41, 5.74) is 3.05. The van der Waals surface area contributed by atoms with E-state index in [1.54, 1.807) is 35.2 Å². The van der Waals surface area contributed by atoms with Gasteiger partial charge in [-0.05, 0) is 25.0 Å². The molecule has 9 heteroatoms. The first-order chi connectivity index (χ1) is 14.0. The molecular weight excluding hydrogens is 378 g/mol. The van der Waals surface area contributed by atoms with Crippen LogP contribution in [0.2, 0.25) is 0 Å². The average molecular weight is 398 g/mol. The molecule has 7 nitrogen and oxygen atoms in total. The van der Waals surface area contributed by atoms with Crippen LogP contribution in [0.25, 0.3) is 5.65 Å². The maximum atomic E-state index is 13.5.